The number of aliphatic hydroxyl groups is 6. The van der Waals surface area contributed by atoms with E-state index in [1.807, 2.05) is 0 Å². The van der Waals surface area contributed by atoms with E-state index in [1.54, 1.807) is 0 Å². The van der Waals surface area contributed by atoms with Crippen LogP contribution in [0.25, 0.3) is 0 Å². The molecule has 0 saturated carbocycles. The number of hydrogen-bond donors (Lipinski definition) is 7. The van der Waals surface area contributed by atoms with Crippen molar-refractivity contribution in [2.75, 3.05) is 13.2 Å². The Balaban J connectivity index is 2.44. The van der Waals surface area contributed by atoms with E-state index >= 15 is 0 Å². The molecule has 1 aliphatic heterocycles. The average Bonchev–Trinajstić information content (AvgIpc) is 3.08. The van der Waals surface area contributed by atoms with E-state index in [0.717, 1.165) is 44.9 Å². The monoisotopic (exact) mass is 690 g/mol. The van der Waals surface area contributed by atoms with Crippen molar-refractivity contribution in [3.63, 3.8) is 0 Å². The van der Waals surface area contributed by atoms with Gasteiger partial charge in [-0.05, 0) is 12.8 Å². The lowest BCUT2D eigenvalue weighted by molar-refractivity contribution is -0.303. The van der Waals surface area contributed by atoms with Crippen LogP contribution in [0.15, 0.2) is 0 Å². The van der Waals surface area contributed by atoms with Gasteiger partial charge in [0.1, 0.15) is 30.5 Å². The minimum Gasteiger partial charge on any atom is -0.394 e. The lowest BCUT2D eigenvalue weighted by Crippen LogP contribution is -2.60. The fraction of sp³-hybridized carbons (Fsp3) is 0.974. The molecule has 1 aliphatic rings. The molecule has 0 spiro atoms. The quantitative estimate of drug-likeness (QED) is 0.0432. The number of amides is 1. The van der Waals surface area contributed by atoms with E-state index in [1.165, 1.54) is 103 Å². The van der Waals surface area contributed by atoms with Gasteiger partial charge in [-0.25, -0.2) is 0 Å². The van der Waals surface area contributed by atoms with Crippen LogP contribution in [0.5, 0.6) is 0 Å². The van der Waals surface area contributed by atoms with Crippen LogP contribution in [0.3, 0.4) is 0 Å². The summed E-state index contributed by atoms with van der Waals surface area (Å²) in [6, 6.07) is -0.981. The van der Waals surface area contributed by atoms with Gasteiger partial charge in [0.05, 0.1) is 25.4 Å². The third-order valence-electron chi connectivity index (χ3n) is 9.80. The summed E-state index contributed by atoms with van der Waals surface area (Å²) in [4.78, 5) is 12.8. The summed E-state index contributed by atoms with van der Waals surface area (Å²) >= 11 is 0. The van der Waals surface area contributed by atoms with Gasteiger partial charge in [-0.15, -0.1) is 0 Å². The Morgan fingerprint density at radius 1 is 0.646 bits per heavy atom. The minimum atomic E-state index is -1.60. The van der Waals surface area contributed by atoms with Gasteiger partial charge in [-0.3, -0.25) is 4.79 Å². The van der Waals surface area contributed by atoms with Gasteiger partial charge in [-0.2, -0.15) is 0 Å². The fourth-order valence-electron chi connectivity index (χ4n) is 6.49. The normalized spacial score (nSPS) is 23.2. The van der Waals surface area contributed by atoms with Crippen molar-refractivity contribution in [3.05, 3.63) is 0 Å². The number of carbonyl (C=O) groups excluding carboxylic acids is 1. The smallest absolute Gasteiger partial charge is 0.220 e. The number of rotatable bonds is 32. The average molecular weight is 690 g/mol. The van der Waals surface area contributed by atoms with Gasteiger partial charge < -0.3 is 45.4 Å². The van der Waals surface area contributed by atoms with Gasteiger partial charge in [0.15, 0.2) is 6.29 Å². The molecule has 7 N–H and O–H groups in total. The Morgan fingerprint density at radius 2 is 1.08 bits per heavy atom. The van der Waals surface area contributed by atoms with Gasteiger partial charge in [0.2, 0.25) is 5.91 Å². The minimum absolute atomic E-state index is 0.262. The topological polar surface area (TPSA) is 169 Å². The van der Waals surface area contributed by atoms with Crippen LogP contribution < -0.4 is 5.32 Å². The third-order valence-corrected chi connectivity index (χ3v) is 9.80. The number of nitrogens with one attached hydrogen (secondary N) is 1. The Hall–Kier alpha value is -0.850. The highest BCUT2D eigenvalue weighted by Gasteiger charge is 2.44. The van der Waals surface area contributed by atoms with E-state index in [2.05, 4.69) is 19.2 Å². The highest BCUT2D eigenvalue weighted by Crippen LogP contribution is 2.23. The predicted octanol–water partition coefficient (Wildman–Crippen LogP) is 5.80. The fourth-order valence-corrected chi connectivity index (χ4v) is 6.49. The molecule has 10 nitrogen and oxygen atoms in total. The molecular weight excluding hydrogens is 614 g/mol. The van der Waals surface area contributed by atoms with Crippen LogP contribution in [-0.2, 0) is 14.3 Å². The summed E-state index contributed by atoms with van der Waals surface area (Å²) in [5.74, 6) is -0.262. The second-order valence-electron chi connectivity index (χ2n) is 14.2. The molecule has 286 valence electrons. The molecule has 0 aromatic heterocycles. The zero-order chi connectivity index (χ0) is 35.4. The van der Waals surface area contributed by atoms with Gasteiger partial charge in [-0.1, -0.05) is 155 Å². The van der Waals surface area contributed by atoms with E-state index in [-0.39, 0.29) is 18.9 Å². The van der Waals surface area contributed by atoms with Crippen LogP contribution >= 0.6 is 0 Å². The largest absolute Gasteiger partial charge is 0.394 e. The molecule has 8 atom stereocenters. The number of unbranched alkanes of at least 4 members (excludes halogenated alkanes) is 21. The Morgan fingerprint density at radius 3 is 1.54 bits per heavy atom. The summed E-state index contributed by atoms with van der Waals surface area (Å²) < 4.78 is 11.1. The maximum absolute atomic E-state index is 12.8. The zero-order valence-corrected chi connectivity index (χ0v) is 30.6. The van der Waals surface area contributed by atoms with E-state index in [0.29, 0.717) is 6.42 Å². The highest BCUT2D eigenvalue weighted by atomic mass is 16.7. The zero-order valence-electron chi connectivity index (χ0n) is 30.6. The highest BCUT2D eigenvalue weighted by molar-refractivity contribution is 5.76. The first-order valence-electron chi connectivity index (χ1n) is 19.8. The van der Waals surface area contributed by atoms with Crippen LogP contribution in [0.1, 0.15) is 174 Å². The van der Waals surface area contributed by atoms with Crippen molar-refractivity contribution in [3.8, 4) is 0 Å². The maximum atomic E-state index is 12.8. The Bertz CT molecular complexity index is 743. The first-order chi connectivity index (χ1) is 23.3. The number of carbonyl (C=O) groups is 1. The number of hydrogen-bond acceptors (Lipinski definition) is 9. The molecule has 0 aliphatic carbocycles. The molecule has 2 unspecified atom stereocenters. The molecular formula is C38H75NO9. The Labute approximate surface area is 292 Å². The lowest BCUT2D eigenvalue weighted by Gasteiger charge is -2.40. The molecule has 0 aromatic rings. The molecule has 1 amide bonds. The van der Waals surface area contributed by atoms with Crippen LogP contribution in [0.2, 0.25) is 0 Å². The SMILES string of the molecule is CCCCCCCCCCCCCCCCC[C@@H](O)[C@@H](O)[C@H](CO[C@@H]1O[C@H](CO)[C@@H](O)C(O)C1O)NC(=O)CCCCCCCCCC. The summed E-state index contributed by atoms with van der Waals surface area (Å²) in [7, 11) is 0. The first kappa shape index (κ1) is 45.2. The Kier molecular flexibility index (Phi) is 28.1. The molecule has 0 bridgehead atoms. The maximum Gasteiger partial charge on any atom is 0.220 e. The second kappa shape index (κ2) is 29.8. The molecule has 0 radical (unpaired) electrons. The summed E-state index contributed by atoms with van der Waals surface area (Å²) in [6.45, 7) is 3.55. The predicted molar refractivity (Wildman–Crippen MR) is 190 cm³/mol. The van der Waals surface area contributed by atoms with E-state index in [4.69, 9.17) is 9.47 Å². The van der Waals surface area contributed by atoms with Gasteiger partial charge >= 0.3 is 0 Å². The van der Waals surface area contributed by atoms with Crippen molar-refractivity contribution < 1.29 is 44.9 Å². The molecule has 1 rings (SSSR count). The number of aliphatic hydroxyl groups excluding tert-OH is 6. The van der Waals surface area contributed by atoms with Crippen LogP contribution in [-0.4, -0.2) is 98.7 Å². The molecule has 10 heteroatoms. The first-order valence-corrected chi connectivity index (χ1v) is 19.8. The van der Waals surface area contributed by atoms with Crippen molar-refractivity contribution in [1.82, 2.24) is 5.32 Å². The van der Waals surface area contributed by atoms with Crippen molar-refractivity contribution in [1.29, 1.82) is 0 Å². The van der Waals surface area contributed by atoms with Crippen molar-refractivity contribution in [2.45, 2.75) is 223 Å². The summed E-state index contributed by atoms with van der Waals surface area (Å²) in [5.41, 5.74) is 0. The molecule has 1 heterocycles. The third kappa shape index (κ3) is 20.7. The van der Waals surface area contributed by atoms with E-state index < -0.39 is 55.6 Å². The molecule has 48 heavy (non-hydrogen) atoms. The lowest BCUT2D eigenvalue weighted by atomic mass is 9.98. The number of ether oxygens (including phenoxy) is 2. The summed E-state index contributed by atoms with van der Waals surface area (Å²) in [5, 5.41) is 64.7. The summed E-state index contributed by atoms with van der Waals surface area (Å²) in [6.07, 6.45) is 18.4. The molecule has 1 fully saturated rings. The van der Waals surface area contributed by atoms with Gasteiger partial charge in [0, 0.05) is 6.42 Å². The van der Waals surface area contributed by atoms with Gasteiger partial charge in [0.25, 0.3) is 0 Å². The standard InChI is InChI=1S/C38H75NO9/c1-3-5-7-9-11-13-14-15-16-17-18-19-20-22-24-26-31(41)34(43)30(39-33(42)27-25-23-21-12-10-8-6-4-2)29-47-38-37(46)36(45)35(44)32(28-40)48-38/h30-32,34-38,40-41,43-46H,3-29H2,1-2H3,(H,39,42)/t30-,31+,32+,34-,35+,36?,37?,38+/m0/s1. The van der Waals surface area contributed by atoms with E-state index in [9.17, 15) is 35.4 Å². The molecule has 1 saturated heterocycles. The van der Waals surface area contributed by atoms with Crippen molar-refractivity contribution in [2.24, 2.45) is 0 Å². The second-order valence-corrected chi connectivity index (χ2v) is 14.2. The molecule has 0 aromatic carbocycles. The van der Waals surface area contributed by atoms with Crippen molar-refractivity contribution >= 4 is 5.91 Å². The van der Waals surface area contributed by atoms with Crippen LogP contribution in [0, 0.1) is 0 Å². The van der Waals surface area contributed by atoms with Crippen LogP contribution in [0.4, 0.5) is 0 Å².